The zero-order valence-corrected chi connectivity index (χ0v) is 10.4. The minimum absolute atomic E-state index is 0.365. The second kappa shape index (κ2) is 6.03. The molecule has 1 rings (SSSR count). The van der Waals surface area contributed by atoms with E-state index in [-0.39, 0.29) is 0 Å². The number of benzene rings is 1. The minimum Gasteiger partial charge on any atom is -0.310 e. The van der Waals surface area contributed by atoms with Gasteiger partial charge in [0.25, 0.3) is 0 Å². The molecule has 1 N–H and O–H groups in total. The first-order chi connectivity index (χ1) is 7.15. The lowest BCUT2D eigenvalue weighted by Crippen LogP contribution is -2.19. The maximum atomic E-state index is 11.2. The Balaban J connectivity index is 2.66. The van der Waals surface area contributed by atoms with Crippen molar-refractivity contribution in [2.75, 3.05) is 12.8 Å². The van der Waals surface area contributed by atoms with Crippen molar-refractivity contribution in [3.05, 3.63) is 29.8 Å². The van der Waals surface area contributed by atoms with Crippen LogP contribution in [0.3, 0.4) is 0 Å². The van der Waals surface area contributed by atoms with Gasteiger partial charge in [0.05, 0.1) is 0 Å². The van der Waals surface area contributed by atoms with Crippen LogP contribution in [0.1, 0.15) is 31.9 Å². The van der Waals surface area contributed by atoms with Crippen LogP contribution in [0.5, 0.6) is 0 Å². The molecule has 2 nitrogen and oxygen atoms in total. The second-order valence-corrected chi connectivity index (χ2v) is 5.08. The van der Waals surface area contributed by atoms with E-state index in [1.165, 1.54) is 5.56 Å². The molecule has 84 valence electrons. The van der Waals surface area contributed by atoms with E-state index in [4.69, 9.17) is 0 Å². The summed E-state index contributed by atoms with van der Waals surface area (Å²) in [5, 5.41) is 3.42. The smallest absolute Gasteiger partial charge is 0.0498 e. The van der Waals surface area contributed by atoms with Gasteiger partial charge in [-0.2, -0.15) is 0 Å². The normalized spacial score (nSPS) is 14.9. The van der Waals surface area contributed by atoms with Crippen LogP contribution >= 0.6 is 0 Å². The fourth-order valence-corrected chi connectivity index (χ4v) is 1.95. The van der Waals surface area contributed by atoms with E-state index in [1.54, 1.807) is 6.26 Å². The van der Waals surface area contributed by atoms with Gasteiger partial charge in [0.15, 0.2) is 0 Å². The Labute approximate surface area is 94.5 Å². The van der Waals surface area contributed by atoms with Crippen molar-refractivity contribution in [3.8, 4) is 0 Å². The molecular formula is C12H19NOS. The molecule has 0 aliphatic carbocycles. The molecule has 1 aromatic rings. The summed E-state index contributed by atoms with van der Waals surface area (Å²) in [4.78, 5) is 0.890. The summed E-state index contributed by atoms with van der Waals surface area (Å²) in [5.74, 6) is 0. The Morgan fingerprint density at radius 2 is 1.93 bits per heavy atom. The van der Waals surface area contributed by atoms with Gasteiger partial charge in [-0.3, -0.25) is 4.21 Å². The SMILES string of the molecule is CCCNC(C)c1ccc(S(C)=O)cc1. The van der Waals surface area contributed by atoms with Gasteiger partial charge in [-0.05, 0) is 37.6 Å². The van der Waals surface area contributed by atoms with Crippen LogP contribution < -0.4 is 5.32 Å². The van der Waals surface area contributed by atoms with E-state index in [1.807, 2.05) is 24.3 Å². The molecule has 0 saturated heterocycles. The van der Waals surface area contributed by atoms with Crippen LogP contribution in [-0.4, -0.2) is 17.0 Å². The van der Waals surface area contributed by atoms with Gasteiger partial charge in [-0.25, -0.2) is 0 Å². The first kappa shape index (κ1) is 12.4. The van der Waals surface area contributed by atoms with Gasteiger partial charge in [0, 0.05) is 28.0 Å². The Morgan fingerprint density at radius 1 is 1.33 bits per heavy atom. The highest BCUT2D eigenvalue weighted by atomic mass is 32.2. The fourth-order valence-electron chi connectivity index (χ4n) is 1.43. The van der Waals surface area contributed by atoms with E-state index in [0.29, 0.717) is 6.04 Å². The van der Waals surface area contributed by atoms with Crippen LogP contribution in [0.25, 0.3) is 0 Å². The number of hydrogen-bond acceptors (Lipinski definition) is 2. The van der Waals surface area contributed by atoms with Crippen molar-refractivity contribution in [1.82, 2.24) is 5.32 Å². The number of rotatable bonds is 5. The molecule has 0 aromatic heterocycles. The van der Waals surface area contributed by atoms with E-state index < -0.39 is 10.8 Å². The van der Waals surface area contributed by atoms with Crippen LogP contribution in [0.15, 0.2) is 29.2 Å². The largest absolute Gasteiger partial charge is 0.310 e. The molecule has 1 aromatic carbocycles. The van der Waals surface area contributed by atoms with Crippen molar-refractivity contribution in [2.24, 2.45) is 0 Å². The molecule has 0 spiro atoms. The lowest BCUT2D eigenvalue weighted by molar-refractivity contribution is 0.570. The minimum atomic E-state index is -0.876. The monoisotopic (exact) mass is 225 g/mol. The highest BCUT2D eigenvalue weighted by Crippen LogP contribution is 2.14. The van der Waals surface area contributed by atoms with Crippen molar-refractivity contribution < 1.29 is 4.21 Å². The molecule has 0 heterocycles. The molecule has 2 unspecified atom stereocenters. The molecule has 2 atom stereocenters. The Morgan fingerprint density at radius 3 is 2.40 bits per heavy atom. The summed E-state index contributed by atoms with van der Waals surface area (Å²) in [6.07, 6.45) is 2.84. The first-order valence-electron chi connectivity index (χ1n) is 5.32. The lowest BCUT2D eigenvalue weighted by atomic mass is 10.1. The fraction of sp³-hybridized carbons (Fsp3) is 0.500. The molecule has 0 fully saturated rings. The average molecular weight is 225 g/mol. The Kier molecular flexibility index (Phi) is 4.99. The van der Waals surface area contributed by atoms with Crippen molar-refractivity contribution >= 4 is 10.8 Å². The van der Waals surface area contributed by atoms with E-state index in [9.17, 15) is 4.21 Å². The van der Waals surface area contributed by atoms with Gasteiger partial charge in [0.1, 0.15) is 0 Å². The molecule has 3 heteroatoms. The molecular weight excluding hydrogens is 206 g/mol. The highest BCUT2D eigenvalue weighted by molar-refractivity contribution is 7.84. The third-order valence-corrected chi connectivity index (χ3v) is 3.35. The molecule has 0 radical (unpaired) electrons. The average Bonchev–Trinajstić information content (AvgIpc) is 2.26. The summed E-state index contributed by atoms with van der Waals surface area (Å²) in [6.45, 7) is 5.33. The maximum Gasteiger partial charge on any atom is 0.0498 e. The Hall–Kier alpha value is -0.670. The standard InChI is InChI=1S/C12H19NOS/c1-4-9-13-10(2)11-5-7-12(8-6-11)15(3)14/h5-8,10,13H,4,9H2,1-3H3. The van der Waals surface area contributed by atoms with Crippen molar-refractivity contribution in [2.45, 2.75) is 31.2 Å². The van der Waals surface area contributed by atoms with E-state index in [2.05, 4.69) is 19.2 Å². The molecule has 15 heavy (non-hydrogen) atoms. The third kappa shape index (κ3) is 3.76. The summed E-state index contributed by atoms with van der Waals surface area (Å²) in [6, 6.07) is 8.34. The van der Waals surface area contributed by atoms with Gasteiger partial charge in [-0.15, -0.1) is 0 Å². The quantitative estimate of drug-likeness (QED) is 0.834. The maximum absolute atomic E-state index is 11.2. The van der Waals surface area contributed by atoms with Crippen molar-refractivity contribution in [3.63, 3.8) is 0 Å². The second-order valence-electron chi connectivity index (χ2n) is 3.70. The molecule has 0 aliphatic heterocycles. The van der Waals surface area contributed by atoms with Gasteiger partial charge < -0.3 is 5.32 Å². The first-order valence-corrected chi connectivity index (χ1v) is 6.87. The van der Waals surface area contributed by atoms with Crippen molar-refractivity contribution in [1.29, 1.82) is 0 Å². The van der Waals surface area contributed by atoms with Gasteiger partial charge >= 0.3 is 0 Å². The van der Waals surface area contributed by atoms with E-state index >= 15 is 0 Å². The summed E-state index contributed by atoms with van der Waals surface area (Å²) in [7, 11) is -0.876. The van der Waals surface area contributed by atoms with Crippen LogP contribution in [0.4, 0.5) is 0 Å². The lowest BCUT2D eigenvalue weighted by Gasteiger charge is -2.13. The van der Waals surface area contributed by atoms with E-state index in [0.717, 1.165) is 17.9 Å². The van der Waals surface area contributed by atoms with Crippen LogP contribution in [-0.2, 0) is 10.8 Å². The topological polar surface area (TPSA) is 29.1 Å². The third-order valence-electron chi connectivity index (χ3n) is 2.41. The molecule has 0 bridgehead atoms. The summed E-state index contributed by atoms with van der Waals surface area (Å²) in [5.41, 5.74) is 1.25. The zero-order chi connectivity index (χ0) is 11.3. The van der Waals surface area contributed by atoms with Gasteiger partial charge in [-0.1, -0.05) is 19.1 Å². The molecule has 0 amide bonds. The molecule has 0 saturated carbocycles. The van der Waals surface area contributed by atoms with Crippen LogP contribution in [0.2, 0.25) is 0 Å². The number of nitrogens with one attached hydrogen (secondary N) is 1. The zero-order valence-electron chi connectivity index (χ0n) is 9.62. The summed E-state index contributed by atoms with van der Waals surface area (Å²) >= 11 is 0. The summed E-state index contributed by atoms with van der Waals surface area (Å²) < 4.78 is 11.2. The van der Waals surface area contributed by atoms with Crippen LogP contribution in [0, 0.1) is 0 Å². The Bertz CT molecular complexity index is 321. The highest BCUT2D eigenvalue weighted by Gasteiger charge is 2.04. The molecule has 0 aliphatic rings. The predicted molar refractivity (Wildman–Crippen MR) is 65.5 cm³/mol. The number of hydrogen-bond donors (Lipinski definition) is 1. The van der Waals surface area contributed by atoms with Gasteiger partial charge in [0.2, 0.25) is 0 Å². The predicted octanol–water partition coefficient (Wildman–Crippen LogP) is 2.48.